The molecule has 0 bridgehead atoms. The van der Waals surface area contributed by atoms with Crippen LogP contribution in [0.1, 0.15) is 5.82 Å². The molecular weight excluding hydrogens is 406 g/mol. The van der Waals surface area contributed by atoms with E-state index in [0.29, 0.717) is 39.7 Å². The molecule has 0 aliphatic carbocycles. The van der Waals surface area contributed by atoms with Crippen LogP contribution in [0.15, 0.2) is 35.2 Å². The number of nitrogens with zero attached hydrogens (tertiary/aromatic N) is 3. The molecule has 1 heterocycles. The Kier molecular flexibility index (Phi) is 5.99. The van der Waals surface area contributed by atoms with Crippen LogP contribution in [-0.2, 0) is 10.0 Å². The van der Waals surface area contributed by atoms with E-state index in [1.165, 1.54) is 7.05 Å². The van der Waals surface area contributed by atoms with E-state index < -0.39 is 10.0 Å². The van der Waals surface area contributed by atoms with Crippen molar-refractivity contribution in [1.29, 1.82) is 0 Å². The van der Waals surface area contributed by atoms with Crippen LogP contribution in [0.3, 0.4) is 0 Å². The lowest BCUT2D eigenvalue weighted by Crippen LogP contribution is -2.19. The Morgan fingerprint density at radius 3 is 2.27 bits per heavy atom. The molecule has 0 fully saturated rings. The fourth-order valence-electron chi connectivity index (χ4n) is 3.08. The van der Waals surface area contributed by atoms with Crippen molar-refractivity contribution >= 4 is 38.1 Å². The summed E-state index contributed by atoms with van der Waals surface area (Å²) in [5.74, 6) is 2.19. The van der Waals surface area contributed by atoms with Gasteiger partial charge < -0.3 is 19.7 Å². The standard InChI is InChI=1S/C20H25N5O4S/c1-12-22-15-11-19(29-6)18(28-5)10-14(15)20(23-12)24-16-9-13(30(26,27)21-2)7-8-17(16)25(3)4/h7-11,21H,1-6H3,(H,22,23,24). The first kappa shape index (κ1) is 21.6. The van der Waals surface area contributed by atoms with Gasteiger partial charge in [-0.25, -0.2) is 23.1 Å². The van der Waals surface area contributed by atoms with Crippen molar-refractivity contribution in [3.8, 4) is 11.5 Å². The van der Waals surface area contributed by atoms with Gasteiger partial charge in [0.15, 0.2) is 11.5 Å². The number of aryl methyl sites for hydroxylation is 1. The second-order valence-electron chi connectivity index (χ2n) is 6.75. The van der Waals surface area contributed by atoms with E-state index in [2.05, 4.69) is 20.0 Å². The Morgan fingerprint density at radius 1 is 1.00 bits per heavy atom. The van der Waals surface area contributed by atoms with Gasteiger partial charge in [-0.05, 0) is 38.2 Å². The number of methoxy groups -OCH3 is 2. The first-order valence-electron chi connectivity index (χ1n) is 9.12. The molecule has 0 saturated carbocycles. The summed E-state index contributed by atoms with van der Waals surface area (Å²) >= 11 is 0. The van der Waals surface area contributed by atoms with Gasteiger partial charge in [-0.3, -0.25) is 0 Å². The maximum absolute atomic E-state index is 12.3. The summed E-state index contributed by atoms with van der Waals surface area (Å²) in [5.41, 5.74) is 2.06. The Bertz CT molecular complexity index is 1200. The molecule has 0 aliphatic heterocycles. The number of anilines is 3. The van der Waals surface area contributed by atoms with E-state index in [1.54, 1.807) is 51.5 Å². The predicted molar refractivity (Wildman–Crippen MR) is 118 cm³/mol. The minimum Gasteiger partial charge on any atom is -0.493 e. The third-order valence-electron chi connectivity index (χ3n) is 4.59. The van der Waals surface area contributed by atoms with Gasteiger partial charge in [-0.15, -0.1) is 0 Å². The molecule has 0 amide bonds. The number of benzene rings is 2. The fraction of sp³-hybridized carbons (Fsp3) is 0.300. The molecule has 1 aromatic heterocycles. The normalized spacial score (nSPS) is 11.4. The second kappa shape index (κ2) is 8.33. The molecule has 2 aromatic carbocycles. The van der Waals surface area contributed by atoms with E-state index in [1.807, 2.05) is 19.0 Å². The van der Waals surface area contributed by atoms with Crippen LogP contribution in [0.25, 0.3) is 10.9 Å². The van der Waals surface area contributed by atoms with Gasteiger partial charge in [0.1, 0.15) is 11.6 Å². The number of hydrogen-bond acceptors (Lipinski definition) is 8. The maximum atomic E-state index is 12.3. The number of sulfonamides is 1. The zero-order valence-corrected chi connectivity index (χ0v) is 18.6. The van der Waals surface area contributed by atoms with Crippen molar-refractivity contribution in [3.05, 3.63) is 36.2 Å². The Hall–Kier alpha value is -3.11. The van der Waals surface area contributed by atoms with Gasteiger partial charge in [0.2, 0.25) is 10.0 Å². The van der Waals surface area contributed by atoms with Crippen molar-refractivity contribution in [2.24, 2.45) is 0 Å². The molecule has 10 heteroatoms. The number of hydrogen-bond donors (Lipinski definition) is 2. The van der Waals surface area contributed by atoms with Crippen LogP contribution >= 0.6 is 0 Å². The van der Waals surface area contributed by atoms with Crippen molar-refractivity contribution in [2.75, 3.05) is 45.6 Å². The fourth-order valence-corrected chi connectivity index (χ4v) is 3.84. The highest BCUT2D eigenvalue weighted by atomic mass is 32.2. The van der Waals surface area contributed by atoms with Crippen LogP contribution in [0, 0.1) is 6.92 Å². The minimum atomic E-state index is -3.60. The lowest BCUT2D eigenvalue weighted by atomic mass is 10.2. The quantitative estimate of drug-likeness (QED) is 0.588. The molecule has 0 radical (unpaired) electrons. The monoisotopic (exact) mass is 431 g/mol. The molecule has 0 aliphatic rings. The van der Waals surface area contributed by atoms with Crippen molar-refractivity contribution < 1.29 is 17.9 Å². The van der Waals surface area contributed by atoms with E-state index in [9.17, 15) is 8.42 Å². The summed E-state index contributed by atoms with van der Waals surface area (Å²) in [7, 11) is 4.65. The molecule has 0 atom stereocenters. The molecule has 9 nitrogen and oxygen atoms in total. The van der Waals surface area contributed by atoms with Crippen LogP contribution in [-0.4, -0.2) is 53.7 Å². The zero-order valence-electron chi connectivity index (χ0n) is 17.8. The van der Waals surface area contributed by atoms with E-state index >= 15 is 0 Å². The van der Waals surface area contributed by atoms with E-state index in [-0.39, 0.29) is 4.90 Å². The average Bonchev–Trinajstić information content (AvgIpc) is 2.72. The van der Waals surface area contributed by atoms with Gasteiger partial charge in [0.05, 0.1) is 36.0 Å². The number of fused-ring (bicyclic) bond motifs is 1. The Morgan fingerprint density at radius 2 is 1.67 bits per heavy atom. The summed E-state index contributed by atoms with van der Waals surface area (Å²) in [6, 6.07) is 8.45. The number of aromatic nitrogens is 2. The summed E-state index contributed by atoms with van der Waals surface area (Å²) in [5, 5.41) is 3.99. The van der Waals surface area contributed by atoms with Gasteiger partial charge in [-0.1, -0.05) is 0 Å². The molecule has 160 valence electrons. The molecular formula is C20H25N5O4S. The van der Waals surface area contributed by atoms with Gasteiger partial charge in [-0.2, -0.15) is 0 Å². The Balaban J connectivity index is 2.21. The average molecular weight is 432 g/mol. The Labute approximate surface area is 176 Å². The highest BCUT2D eigenvalue weighted by Gasteiger charge is 2.17. The smallest absolute Gasteiger partial charge is 0.240 e. The molecule has 0 saturated heterocycles. The first-order valence-corrected chi connectivity index (χ1v) is 10.6. The number of ether oxygens (including phenoxy) is 2. The summed E-state index contributed by atoms with van der Waals surface area (Å²) < 4.78 is 37.7. The maximum Gasteiger partial charge on any atom is 0.240 e. The summed E-state index contributed by atoms with van der Waals surface area (Å²) in [6.45, 7) is 1.79. The summed E-state index contributed by atoms with van der Waals surface area (Å²) in [4.78, 5) is 11.1. The van der Waals surface area contributed by atoms with Crippen LogP contribution in [0.4, 0.5) is 17.2 Å². The molecule has 3 aromatic rings. The van der Waals surface area contributed by atoms with Crippen LogP contribution in [0.2, 0.25) is 0 Å². The molecule has 0 unspecified atom stereocenters. The predicted octanol–water partition coefficient (Wildman–Crippen LogP) is 2.67. The van der Waals surface area contributed by atoms with Crippen LogP contribution in [0.5, 0.6) is 11.5 Å². The SMILES string of the molecule is CNS(=O)(=O)c1ccc(N(C)C)c(Nc2nc(C)nc3cc(OC)c(OC)cc23)c1. The van der Waals surface area contributed by atoms with Gasteiger partial charge >= 0.3 is 0 Å². The topological polar surface area (TPSA) is 106 Å². The van der Waals surface area contributed by atoms with E-state index in [0.717, 1.165) is 5.69 Å². The first-order chi connectivity index (χ1) is 14.2. The molecule has 2 N–H and O–H groups in total. The highest BCUT2D eigenvalue weighted by molar-refractivity contribution is 7.89. The largest absolute Gasteiger partial charge is 0.493 e. The minimum absolute atomic E-state index is 0.146. The zero-order chi connectivity index (χ0) is 22.1. The van der Waals surface area contributed by atoms with Crippen molar-refractivity contribution in [1.82, 2.24) is 14.7 Å². The highest BCUT2D eigenvalue weighted by Crippen LogP contribution is 2.36. The lowest BCUT2D eigenvalue weighted by Gasteiger charge is -2.20. The number of nitrogens with one attached hydrogen (secondary N) is 2. The van der Waals surface area contributed by atoms with Crippen molar-refractivity contribution in [2.45, 2.75) is 11.8 Å². The third-order valence-corrected chi connectivity index (χ3v) is 6.01. The molecule has 3 rings (SSSR count). The van der Waals surface area contributed by atoms with Gasteiger partial charge in [0, 0.05) is 25.5 Å². The lowest BCUT2D eigenvalue weighted by molar-refractivity contribution is 0.356. The second-order valence-corrected chi connectivity index (χ2v) is 8.64. The molecule has 30 heavy (non-hydrogen) atoms. The van der Waals surface area contributed by atoms with Crippen LogP contribution < -0.4 is 24.4 Å². The van der Waals surface area contributed by atoms with Gasteiger partial charge in [0.25, 0.3) is 0 Å². The van der Waals surface area contributed by atoms with Crippen molar-refractivity contribution in [3.63, 3.8) is 0 Å². The molecule has 0 spiro atoms. The third kappa shape index (κ3) is 4.10. The number of rotatable bonds is 7. The summed E-state index contributed by atoms with van der Waals surface area (Å²) in [6.07, 6.45) is 0. The van der Waals surface area contributed by atoms with E-state index in [4.69, 9.17) is 9.47 Å².